The molecule has 2 rings (SSSR count). The summed E-state index contributed by atoms with van der Waals surface area (Å²) in [7, 11) is 2.95. The van der Waals surface area contributed by atoms with Gasteiger partial charge in [-0.25, -0.2) is 4.79 Å². The van der Waals surface area contributed by atoms with Crippen LogP contribution in [0.15, 0.2) is 42.5 Å². The number of nitrogens with one attached hydrogen (secondary N) is 1. The van der Waals surface area contributed by atoms with Gasteiger partial charge < -0.3 is 19.5 Å². The summed E-state index contributed by atoms with van der Waals surface area (Å²) < 4.78 is 15.4. The lowest BCUT2D eigenvalue weighted by Gasteiger charge is -2.15. The number of carbonyl (C=O) groups is 2. The fourth-order valence-corrected chi connectivity index (χ4v) is 2.34. The first-order chi connectivity index (χ1) is 12.0. The Bertz CT molecular complexity index is 778. The van der Waals surface area contributed by atoms with Crippen molar-refractivity contribution in [1.29, 1.82) is 0 Å². The van der Waals surface area contributed by atoms with Crippen molar-refractivity contribution in [2.45, 2.75) is 13.0 Å². The van der Waals surface area contributed by atoms with Gasteiger partial charge in [-0.1, -0.05) is 23.7 Å². The minimum atomic E-state index is -1.00. The SMILES string of the molecule is COc1ccc(NC(=O)[C@H](C)OC(=O)c2ccccc2OC)cc1Cl. The quantitative estimate of drug-likeness (QED) is 0.794. The number of methoxy groups -OCH3 is 2. The molecule has 7 heteroatoms. The minimum absolute atomic E-state index is 0.247. The Labute approximate surface area is 150 Å². The largest absolute Gasteiger partial charge is 0.496 e. The third kappa shape index (κ3) is 4.64. The molecule has 0 aliphatic carbocycles. The van der Waals surface area contributed by atoms with Gasteiger partial charge in [0.05, 0.1) is 19.2 Å². The number of halogens is 1. The molecule has 1 N–H and O–H groups in total. The standard InChI is InChI=1S/C18H18ClNO5/c1-11(25-18(22)13-6-4-5-7-15(13)23-2)17(21)20-12-8-9-16(24-3)14(19)10-12/h4-11H,1-3H3,(H,20,21)/t11-/m0/s1. The molecule has 2 aromatic rings. The van der Waals surface area contributed by atoms with Crippen LogP contribution < -0.4 is 14.8 Å². The fourth-order valence-electron chi connectivity index (χ4n) is 2.08. The van der Waals surface area contributed by atoms with Gasteiger partial charge in [0.2, 0.25) is 0 Å². The molecule has 6 nitrogen and oxygen atoms in total. The Balaban J connectivity index is 2.02. The summed E-state index contributed by atoms with van der Waals surface area (Å²) in [5.74, 6) is -0.255. The Morgan fingerprint density at radius 2 is 1.72 bits per heavy atom. The molecule has 0 heterocycles. The van der Waals surface area contributed by atoms with E-state index in [0.29, 0.717) is 22.2 Å². The summed E-state index contributed by atoms with van der Waals surface area (Å²) in [5, 5.41) is 2.99. The highest BCUT2D eigenvalue weighted by Crippen LogP contribution is 2.27. The van der Waals surface area contributed by atoms with Crippen molar-refractivity contribution in [2.24, 2.45) is 0 Å². The van der Waals surface area contributed by atoms with E-state index >= 15 is 0 Å². The molecule has 0 aromatic heterocycles. The maximum absolute atomic E-state index is 12.2. The van der Waals surface area contributed by atoms with Gasteiger partial charge in [0.25, 0.3) is 5.91 Å². The molecule has 0 saturated heterocycles. The maximum Gasteiger partial charge on any atom is 0.342 e. The van der Waals surface area contributed by atoms with E-state index in [2.05, 4.69) is 5.32 Å². The van der Waals surface area contributed by atoms with Gasteiger partial charge in [-0.15, -0.1) is 0 Å². The first-order valence-corrected chi connectivity index (χ1v) is 7.82. The molecule has 0 unspecified atom stereocenters. The third-order valence-electron chi connectivity index (χ3n) is 3.40. The number of para-hydroxylation sites is 1. The Morgan fingerprint density at radius 1 is 1.04 bits per heavy atom. The summed E-state index contributed by atoms with van der Waals surface area (Å²) in [6, 6.07) is 11.4. The van der Waals surface area contributed by atoms with Crippen molar-refractivity contribution in [2.75, 3.05) is 19.5 Å². The molecule has 0 aliphatic rings. The lowest BCUT2D eigenvalue weighted by atomic mass is 10.2. The van der Waals surface area contributed by atoms with Gasteiger partial charge in [-0.05, 0) is 37.3 Å². The van der Waals surface area contributed by atoms with E-state index in [1.54, 1.807) is 42.5 Å². The number of amides is 1. The smallest absolute Gasteiger partial charge is 0.342 e. The van der Waals surface area contributed by atoms with Crippen LogP contribution >= 0.6 is 11.6 Å². The minimum Gasteiger partial charge on any atom is -0.496 e. The van der Waals surface area contributed by atoms with Gasteiger partial charge in [-0.3, -0.25) is 4.79 Å². The Kier molecular flexibility index (Phi) is 6.25. The first-order valence-electron chi connectivity index (χ1n) is 7.44. The van der Waals surface area contributed by atoms with E-state index in [1.165, 1.54) is 21.1 Å². The number of carbonyl (C=O) groups excluding carboxylic acids is 2. The van der Waals surface area contributed by atoms with Gasteiger partial charge in [0.15, 0.2) is 6.10 Å². The number of esters is 1. The van der Waals surface area contributed by atoms with Crippen molar-refractivity contribution in [3.8, 4) is 11.5 Å². The van der Waals surface area contributed by atoms with Crippen LogP contribution in [0, 0.1) is 0 Å². The topological polar surface area (TPSA) is 73.9 Å². The lowest BCUT2D eigenvalue weighted by molar-refractivity contribution is -0.123. The molecule has 0 spiro atoms. The van der Waals surface area contributed by atoms with Crippen LogP contribution in [0.5, 0.6) is 11.5 Å². The fraction of sp³-hybridized carbons (Fsp3) is 0.222. The van der Waals surface area contributed by atoms with Crippen molar-refractivity contribution < 1.29 is 23.8 Å². The highest BCUT2D eigenvalue weighted by Gasteiger charge is 2.21. The van der Waals surface area contributed by atoms with E-state index in [1.807, 2.05) is 0 Å². The van der Waals surface area contributed by atoms with Crippen molar-refractivity contribution >= 4 is 29.2 Å². The van der Waals surface area contributed by atoms with E-state index in [4.69, 9.17) is 25.8 Å². The Hall–Kier alpha value is -2.73. The molecule has 2 aromatic carbocycles. The molecular formula is C18H18ClNO5. The van der Waals surface area contributed by atoms with Crippen molar-refractivity contribution in [1.82, 2.24) is 0 Å². The number of hydrogen-bond donors (Lipinski definition) is 1. The Morgan fingerprint density at radius 3 is 2.36 bits per heavy atom. The zero-order valence-electron chi connectivity index (χ0n) is 14.0. The van der Waals surface area contributed by atoms with E-state index in [0.717, 1.165) is 0 Å². The summed E-state index contributed by atoms with van der Waals surface area (Å²) in [6.45, 7) is 1.48. The van der Waals surface area contributed by atoms with Crippen LogP contribution in [0.25, 0.3) is 0 Å². The monoisotopic (exact) mass is 363 g/mol. The number of benzene rings is 2. The molecule has 0 aliphatic heterocycles. The van der Waals surface area contributed by atoms with Crippen LogP contribution in [0.3, 0.4) is 0 Å². The molecule has 0 saturated carbocycles. The molecule has 1 atom stereocenters. The molecule has 0 radical (unpaired) electrons. The molecule has 0 fully saturated rings. The highest BCUT2D eigenvalue weighted by atomic mass is 35.5. The summed E-state index contributed by atoms with van der Waals surface area (Å²) >= 11 is 6.01. The normalized spacial score (nSPS) is 11.4. The zero-order valence-corrected chi connectivity index (χ0v) is 14.8. The summed E-state index contributed by atoms with van der Waals surface area (Å²) in [5.41, 5.74) is 0.716. The highest BCUT2D eigenvalue weighted by molar-refractivity contribution is 6.32. The first kappa shape index (κ1) is 18.6. The average Bonchev–Trinajstić information content (AvgIpc) is 2.61. The van der Waals surface area contributed by atoms with Crippen LogP contribution in [-0.4, -0.2) is 32.2 Å². The van der Waals surface area contributed by atoms with Gasteiger partial charge in [0.1, 0.15) is 17.1 Å². The van der Waals surface area contributed by atoms with Crippen molar-refractivity contribution in [3.63, 3.8) is 0 Å². The van der Waals surface area contributed by atoms with Crippen LogP contribution in [-0.2, 0) is 9.53 Å². The van der Waals surface area contributed by atoms with Crippen LogP contribution in [0.1, 0.15) is 17.3 Å². The van der Waals surface area contributed by atoms with E-state index in [9.17, 15) is 9.59 Å². The molecule has 25 heavy (non-hydrogen) atoms. The second-order valence-corrected chi connectivity index (χ2v) is 5.49. The number of anilines is 1. The predicted octanol–water partition coefficient (Wildman–Crippen LogP) is 3.54. The number of hydrogen-bond acceptors (Lipinski definition) is 5. The predicted molar refractivity (Wildman–Crippen MR) is 94.5 cm³/mol. The zero-order chi connectivity index (χ0) is 18.4. The van der Waals surface area contributed by atoms with Crippen molar-refractivity contribution in [3.05, 3.63) is 53.1 Å². The average molecular weight is 364 g/mol. The maximum atomic E-state index is 12.2. The number of rotatable bonds is 6. The second-order valence-electron chi connectivity index (χ2n) is 5.09. The summed E-state index contributed by atoms with van der Waals surface area (Å²) in [4.78, 5) is 24.4. The van der Waals surface area contributed by atoms with E-state index in [-0.39, 0.29) is 5.56 Å². The summed E-state index contributed by atoms with van der Waals surface area (Å²) in [6.07, 6.45) is -1.00. The second kappa shape index (κ2) is 8.39. The lowest BCUT2D eigenvalue weighted by Crippen LogP contribution is -2.30. The third-order valence-corrected chi connectivity index (χ3v) is 3.69. The van der Waals surface area contributed by atoms with Crippen LogP contribution in [0.4, 0.5) is 5.69 Å². The number of ether oxygens (including phenoxy) is 3. The van der Waals surface area contributed by atoms with Gasteiger partial charge >= 0.3 is 5.97 Å². The molecular weight excluding hydrogens is 346 g/mol. The molecule has 0 bridgehead atoms. The van der Waals surface area contributed by atoms with Gasteiger partial charge in [0, 0.05) is 5.69 Å². The van der Waals surface area contributed by atoms with Crippen LogP contribution in [0.2, 0.25) is 5.02 Å². The van der Waals surface area contributed by atoms with E-state index < -0.39 is 18.0 Å². The van der Waals surface area contributed by atoms with Gasteiger partial charge in [-0.2, -0.15) is 0 Å². The molecule has 132 valence electrons. The molecule has 1 amide bonds.